The molecule has 3 N–H and O–H groups in total. The Labute approximate surface area is 235 Å². The maximum Gasteiger partial charge on any atom is 0.399 e. The number of anilines is 1. The van der Waals surface area contributed by atoms with Gasteiger partial charge in [0.25, 0.3) is 0 Å². The quantitative estimate of drug-likeness (QED) is 0.298. The van der Waals surface area contributed by atoms with Crippen LogP contribution in [-0.4, -0.2) is 28.1 Å². The second kappa shape index (κ2) is 12.0. The van der Waals surface area contributed by atoms with E-state index in [0.717, 1.165) is 33.9 Å². The number of nitrogens with zero attached hydrogens (tertiary/aromatic N) is 2. The molecule has 1 heterocycles. The van der Waals surface area contributed by atoms with Crippen LogP contribution in [0.4, 0.5) is 27.8 Å². The molecule has 3 aromatic rings. The zero-order valence-electron chi connectivity index (χ0n) is 20.7. The van der Waals surface area contributed by atoms with Crippen LogP contribution in [0.1, 0.15) is 53.5 Å². The average Bonchev–Trinajstić information content (AvgIpc) is 2.84. The van der Waals surface area contributed by atoms with Gasteiger partial charge in [0.2, 0.25) is 12.3 Å². The van der Waals surface area contributed by atoms with E-state index in [4.69, 9.17) is 28.9 Å². The van der Waals surface area contributed by atoms with E-state index in [-0.39, 0.29) is 27.1 Å². The van der Waals surface area contributed by atoms with Crippen LogP contribution in [0, 0.1) is 0 Å². The first-order chi connectivity index (χ1) is 18.8. The van der Waals surface area contributed by atoms with E-state index in [1.54, 1.807) is 18.2 Å². The van der Waals surface area contributed by atoms with Gasteiger partial charge in [-0.05, 0) is 59.7 Å². The maximum atomic E-state index is 14.1. The summed E-state index contributed by atoms with van der Waals surface area (Å²) < 4.78 is 68.4. The Morgan fingerprint density at radius 1 is 1.18 bits per heavy atom. The van der Waals surface area contributed by atoms with Crippen molar-refractivity contribution >= 4 is 41.0 Å². The van der Waals surface area contributed by atoms with Crippen molar-refractivity contribution in [3.05, 3.63) is 91.5 Å². The van der Waals surface area contributed by atoms with Gasteiger partial charge in [-0.1, -0.05) is 53.6 Å². The number of benzene rings is 2. The molecule has 40 heavy (non-hydrogen) atoms. The number of aryl methyl sites for hydroxylation is 1. The minimum atomic E-state index is -4.70. The second-order valence-corrected chi connectivity index (χ2v) is 10.1. The van der Waals surface area contributed by atoms with Gasteiger partial charge in [-0.2, -0.15) is 18.2 Å². The lowest BCUT2D eigenvalue weighted by atomic mass is 9.86. The molecule has 1 aliphatic rings. The predicted molar refractivity (Wildman–Crippen MR) is 143 cm³/mol. The zero-order chi connectivity index (χ0) is 29.2. The highest BCUT2D eigenvalue weighted by Crippen LogP contribution is 2.41. The summed E-state index contributed by atoms with van der Waals surface area (Å²) in [7, 11) is 0. The predicted octanol–water partition coefficient (Wildman–Crippen LogP) is 6.63. The zero-order valence-corrected chi connectivity index (χ0v) is 22.2. The van der Waals surface area contributed by atoms with Gasteiger partial charge in [0.1, 0.15) is 5.82 Å². The third kappa shape index (κ3) is 6.82. The van der Waals surface area contributed by atoms with Crippen LogP contribution >= 0.6 is 23.2 Å². The molecule has 0 spiro atoms. The van der Waals surface area contributed by atoms with E-state index in [2.05, 4.69) is 10.3 Å². The molecule has 0 radical (unpaired) electrons. The number of carbonyl (C=O) groups excluding carboxylic acids is 1. The number of fused-ring (bicyclic) bond motifs is 1. The Hall–Kier alpha value is -3.44. The van der Waals surface area contributed by atoms with E-state index in [0.29, 0.717) is 24.8 Å². The normalized spacial score (nSPS) is 16.2. The Morgan fingerprint density at radius 3 is 2.50 bits per heavy atom. The number of rotatable bonds is 7. The minimum absolute atomic E-state index is 0.0284. The van der Waals surface area contributed by atoms with E-state index in [1.165, 1.54) is 18.3 Å². The largest absolute Gasteiger partial charge is 0.399 e. The molecule has 0 bridgehead atoms. The molecule has 13 heteroatoms. The van der Waals surface area contributed by atoms with Crippen molar-refractivity contribution in [3.8, 4) is 5.69 Å². The number of hydrogen-bond donors (Lipinski definition) is 2. The van der Waals surface area contributed by atoms with Gasteiger partial charge in [-0.3, -0.25) is 9.36 Å². The lowest BCUT2D eigenvalue weighted by Gasteiger charge is -2.27. The first-order valence-electron chi connectivity index (χ1n) is 12.1. The number of hydrogen-bond acceptors (Lipinski definition) is 4. The molecule has 0 fully saturated rings. The summed E-state index contributed by atoms with van der Waals surface area (Å²) in [5.74, 6) is -2.87. The first-order valence-corrected chi connectivity index (χ1v) is 12.9. The Balaban J connectivity index is 1.62. The van der Waals surface area contributed by atoms with Crippen LogP contribution in [0.3, 0.4) is 0 Å². The van der Waals surface area contributed by atoms with Gasteiger partial charge >= 0.3 is 11.9 Å². The van der Waals surface area contributed by atoms with Crippen LogP contribution in [0.15, 0.2) is 53.5 Å². The molecule has 2 unspecified atom stereocenters. The fourth-order valence-corrected chi connectivity index (χ4v) is 5.37. The summed E-state index contributed by atoms with van der Waals surface area (Å²) >= 11 is 12.6. The van der Waals surface area contributed by atoms with Gasteiger partial charge in [0, 0.05) is 6.20 Å². The molecule has 1 aliphatic carbocycles. The topological polar surface area (TPSA) is 90.0 Å². The van der Waals surface area contributed by atoms with E-state index < -0.39 is 42.6 Å². The standard InChI is InChI=1S/C27H23Cl2F5N4O2/c28-19-11-16(12-20(29)25(19)38-9-8-23(35)37-26(38)40)18(27(32,33)34)7-5-14-4-6-17-15(10-14)2-1-3-21(17)36-24(39)13-22(30)31/h4-12,18,21-22H,1-3,13H2,(H,36,39)(H2,35,37,40)/b7-5+. The number of allylic oxidation sites excluding steroid dienone is 1. The number of amides is 1. The van der Waals surface area contributed by atoms with Crippen molar-refractivity contribution in [1.82, 2.24) is 14.9 Å². The second-order valence-electron chi connectivity index (χ2n) is 9.28. The number of carbonyl (C=O) groups is 1. The molecule has 0 aliphatic heterocycles. The van der Waals surface area contributed by atoms with Gasteiger partial charge in [0.05, 0.1) is 34.1 Å². The molecule has 0 saturated heterocycles. The number of nitrogen functional groups attached to an aromatic ring is 1. The van der Waals surface area contributed by atoms with Gasteiger partial charge in [-0.15, -0.1) is 0 Å². The van der Waals surface area contributed by atoms with Crippen LogP contribution in [0.25, 0.3) is 11.8 Å². The summed E-state index contributed by atoms with van der Waals surface area (Å²) in [4.78, 5) is 27.6. The number of alkyl halides is 5. The molecular formula is C27H23Cl2F5N4O2. The molecule has 1 aromatic heterocycles. The molecule has 0 saturated carbocycles. The summed E-state index contributed by atoms with van der Waals surface area (Å²) in [6.45, 7) is 0. The van der Waals surface area contributed by atoms with Crippen molar-refractivity contribution in [3.63, 3.8) is 0 Å². The van der Waals surface area contributed by atoms with Crippen molar-refractivity contribution in [2.75, 3.05) is 5.73 Å². The highest BCUT2D eigenvalue weighted by Gasteiger charge is 2.39. The number of aromatic nitrogens is 2. The smallest absolute Gasteiger partial charge is 0.383 e. The van der Waals surface area contributed by atoms with Crippen LogP contribution in [-0.2, 0) is 11.2 Å². The summed E-state index contributed by atoms with van der Waals surface area (Å²) in [5, 5.41) is 2.23. The van der Waals surface area contributed by atoms with Gasteiger partial charge in [0.15, 0.2) is 0 Å². The lowest BCUT2D eigenvalue weighted by molar-refractivity contribution is -0.139. The number of halogens is 7. The summed E-state index contributed by atoms with van der Waals surface area (Å²) in [6.07, 6.45) is -2.89. The van der Waals surface area contributed by atoms with E-state index in [9.17, 15) is 31.5 Å². The van der Waals surface area contributed by atoms with Crippen molar-refractivity contribution in [1.29, 1.82) is 0 Å². The third-order valence-electron chi connectivity index (χ3n) is 6.45. The Morgan fingerprint density at radius 2 is 1.88 bits per heavy atom. The lowest BCUT2D eigenvalue weighted by Crippen LogP contribution is -2.32. The summed E-state index contributed by atoms with van der Waals surface area (Å²) in [5.41, 5.74) is 6.48. The van der Waals surface area contributed by atoms with Crippen LogP contribution < -0.4 is 16.7 Å². The molecule has 6 nitrogen and oxygen atoms in total. The molecule has 2 atom stereocenters. The van der Waals surface area contributed by atoms with Crippen LogP contribution in [0.5, 0.6) is 0 Å². The third-order valence-corrected chi connectivity index (χ3v) is 7.03. The SMILES string of the molecule is Nc1ccn(-c2c(Cl)cc(C(/C=C/c3ccc4c(c3)CCCC4NC(=O)CC(F)F)C(F)(F)F)cc2Cl)c(=O)n1. The fraction of sp³-hybridized carbons (Fsp3) is 0.296. The minimum Gasteiger partial charge on any atom is -0.383 e. The van der Waals surface area contributed by atoms with Gasteiger partial charge in [-0.25, -0.2) is 13.6 Å². The highest BCUT2D eigenvalue weighted by atomic mass is 35.5. The van der Waals surface area contributed by atoms with Crippen molar-refractivity contribution < 1.29 is 26.7 Å². The number of nitrogens with one attached hydrogen (secondary N) is 1. The van der Waals surface area contributed by atoms with Crippen LogP contribution in [0.2, 0.25) is 10.0 Å². The van der Waals surface area contributed by atoms with E-state index >= 15 is 0 Å². The Bertz CT molecular complexity index is 1480. The number of nitrogens with two attached hydrogens (primary N) is 1. The molecule has 2 aromatic carbocycles. The molecule has 212 valence electrons. The van der Waals surface area contributed by atoms with Gasteiger partial charge < -0.3 is 11.1 Å². The van der Waals surface area contributed by atoms with Crippen molar-refractivity contribution in [2.45, 2.75) is 50.2 Å². The highest BCUT2D eigenvalue weighted by molar-refractivity contribution is 6.37. The maximum absolute atomic E-state index is 14.1. The Kier molecular flexibility index (Phi) is 8.84. The molecular weight excluding hydrogens is 578 g/mol. The monoisotopic (exact) mass is 600 g/mol. The van der Waals surface area contributed by atoms with Crippen molar-refractivity contribution in [2.24, 2.45) is 0 Å². The first kappa shape index (κ1) is 29.5. The summed E-state index contributed by atoms with van der Waals surface area (Å²) in [6, 6.07) is 8.06. The average molecular weight is 601 g/mol. The fourth-order valence-electron chi connectivity index (χ4n) is 4.68. The molecule has 1 amide bonds. The molecule has 4 rings (SSSR count). The van der Waals surface area contributed by atoms with E-state index in [1.807, 2.05) is 0 Å².